The first kappa shape index (κ1) is 17.6. The second-order valence-corrected chi connectivity index (χ2v) is 5.99. The van der Waals surface area contributed by atoms with Gasteiger partial charge in [-0.1, -0.05) is 6.07 Å². The van der Waals surface area contributed by atoms with Gasteiger partial charge in [0, 0.05) is 18.9 Å². The Morgan fingerprint density at radius 2 is 1.73 bits per heavy atom. The Bertz CT molecular complexity index is 1020. The Morgan fingerprint density at radius 1 is 1.08 bits per heavy atom. The van der Waals surface area contributed by atoms with Gasteiger partial charge in [0.05, 0.1) is 11.4 Å². The van der Waals surface area contributed by atoms with E-state index in [4.69, 9.17) is 0 Å². The summed E-state index contributed by atoms with van der Waals surface area (Å²) in [7, 11) is 1.60. The summed E-state index contributed by atoms with van der Waals surface area (Å²) >= 11 is 0. The van der Waals surface area contributed by atoms with Crippen molar-refractivity contribution < 1.29 is 13.6 Å². The molecule has 134 valence electrons. The molecule has 0 saturated heterocycles. The van der Waals surface area contributed by atoms with E-state index in [-0.39, 0.29) is 5.39 Å². The Hall–Kier alpha value is -3.22. The van der Waals surface area contributed by atoms with Crippen LogP contribution in [0.5, 0.6) is 0 Å². The fourth-order valence-electron chi connectivity index (χ4n) is 2.73. The third-order valence-corrected chi connectivity index (χ3v) is 4.34. The lowest BCUT2D eigenvalue weighted by atomic mass is 10.0. The zero-order valence-corrected chi connectivity index (χ0v) is 14.2. The van der Waals surface area contributed by atoms with Gasteiger partial charge in [0.25, 0.3) is 5.56 Å². The van der Waals surface area contributed by atoms with Crippen molar-refractivity contribution in [2.45, 2.75) is 13.0 Å². The summed E-state index contributed by atoms with van der Waals surface area (Å²) in [6, 6.07) is 8.60. The number of halogens is 2. The molecular weight excluding hydrogens is 340 g/mol. The Kier molecular flexibility index (Phi) is 4.71. The predicted molar refractivity (Wildman–Crippen MR) is 96.1 cm³/mol. The van der Waals surface area contributed by atoms with E-state index < -0.39 is 29.3 Å². The Morgan fingerprint density at radius 3 is 2.42 bits per heavy atom. The first-order chi connectivity index (χ1) is 12.4. The monoisotopic (exact) mass is 357 g/mol. The molecule has 0 radical (unpaired) electrons. The minimum atomic E-state index is -0.504. The Balaban J connectivity index is 1.88. The standard InChI is InChI=1S/C19H17F2N3O2/c1-11(24(2)19(26)23-14-6-3-12(20)4-7-14)17-10-22-18(25)16-9-13(21)5-8-15(16)17/h3-11H,1-2H3,(H,22,25)(H,23,26)/t11-/m0/s1. The highest BCUT2D eigenvalue weighted by Gasteiger charge is 2.20. The van der Waals surface area contributed by atoms with Crippen molar-refractivity contribution in [1.82, 2.24) is 9.88 Å². The van der Waals surface area contributed by atoms with Crippen molar-refractivity contribution in [2.24, 2.45) is 0 Å². The number of amides is 2. The van der Waals surface area contributed by atoms with Gasteiger partial charge in [-0.25, -0.2) is 13.6 Å². The van der Waals surface area contributed by atoms with Crippen LogP contribution in [0.3, 0.4) is 0 Å². The summed E-state index contributed by atoms with van der Waals surface area (Å²) in [5, 5.41) is 3.47. The lowest BCUT2D eigenvalue weighted by Gasteiger charge is -2.26. The third-order valence-electron chi connectivity index (χ3n) is 4.34. The number of fused-ring (bicyclic) bond motifs is 1. The molecule has 2 aromatic carbocycles. The minimum absolute atomic E-state index is 0.224. The van der Waals surface area contributed by atoms with E-state index in [0.717, 1.165) is 0 Å². The number of anilines is 1. The molecule has 3 aromatic rings. The predicted octanol–water partition coefficient (Wildman–Crippen LogP) is 4.03. The second-order valence-electron chi connectivity index (χ2n) is 5.99. The van der Waals surface area contributed by atoms with E-state index in [2.05, 4.69) is 10.3 Å². The van der Waals surface area contributed by atoms with Crippen LogP contribution in [0, 0.1) is 11.6 Å². The van der Waals surface area contributed by atoms with E-state index in [1.54, 1.807) is 14.0 Å². The number of aromatic amines is 1. The zero-order chi connectivity index (χ0) is 18.8. The van der Waals surface area contributed by atoms with Crippen molar-refractivity contribution >= 4 is 22.5 Å². The van der Waals surface area contributed by atoms with Crippen LogP contribution in [0.25, 0.3) is 10.8 Å². The normalized spacial score (nSPS) is 12.0. The third kappa shape index (κ3) is 3.42. The van der Waals surface area contributed by atoms with Crippen LogP contribution in [0.4, 0.5) is 19.3 Å². The van der Waals surface area contributed by atoms with Crippen molar-refractivity contribution in [3.63, 3.8) is 0 Å². The van der Waals surface area contributed by atoms with Gasteiger partial charge in [-0.15, -0.1) is 0 Å². The highest BCUT2D eigenvalue weighted by atomic mass is 19.1. The first-order valence-electron chi connectivity index (χ1n) is 7.97. The molecule has 0 bridgehead atoms. The quantitative estimate of drug-likeness (QED) is 0.743. The van der Waals surface area contributed by atoms with Gasteiger partial charge >= 0.3 is 6.03 Å². The molecule has 0 spiro atoms. The summed E-state index contributed by atoms with van der Waals surface area (Å²) < 4.78 is 26.4. The van der Waals surface area contributed by atoms with E-state index >= 15 is 0 Å². The average Bonchev–Trinajstić information content (AvgIpc) is 2.63. The number of nitrogens with one attached hydrogen (secondary N) is 2. The SMILES string of the molecule is C[C@@H](c1c[nH]c(=O)c2cc(F)ccc12)N(C)C(=O)Nc1ccc(F)cc1. The number of carbonyl (C=O) groups is 1. The summed E-state index contributed by atoms with van der Waals surface area (Å²) in [4.78, 5) is 28.4. The lowest BCUT2D eigenvalue weighted by molar-refractivity contribution is 0.208. The fourth-order valence-corrected chi connectivity index (χ4v) is 2.73. The molecule has 3 rings (SSSR count). The smallest absolute Gasteiger partial charge is 0.322 e. The minimum Gasteiger partial charge on any atom is -0.328 e. The molecule has 0 unspecified atom stereocenters. The molecule has 2 N–H and O–H groups in total. The maximum absolute atomic E-state index is 13.5. The number of hydrogen-bond acceptors (Lipinski definition) is 2. The number of rotatable bonds is 3. The first-order valence-corrected chi connectivity index (χ1v) is 7.97. The van der Waals surface area contributed by atoms with Crippen molar-refractivity contribution in [3.8, 4) is 0 Å². The number of benzene rings is 2. The summed E-state index contributed by atoms with van der Waals surface area (Å²) in [5.74, 6) is -0.896. The maximum atomic E-state index is 13.5. The molecule has 0 aliphatic heterocycles. The topological polar surface area (TPSA) is 65.2 Å². The molecule has 26 heavy (non-hydrogen) atoms. The summed E-state index contributed by atoms with van der Waals surface area (Å²) in [5.41, 5.74) is 0.745. The number of H-pyrrole nitrogens is 1. The molecule has 0 fully saturated rings. The van der Waals surface area contributed by atoms with Crippen LogP contribution in [-0.4, -0.2) is 23.0 Å². The van der Waals surface area contributed by atoms with Gasteiger partial charge < -0.3 is 15.2 Å². The largest absolute Gasteiger partial charge is 0.328 e. The lowest BCUT2D eigenvalue weighted by Crippen LogP contribution is -2.34. The fraction of sp³-hybridized carbons (Fsp3) is 0.158. The molecule has 5 nitrogen and oxygen atoms in total. The van der Waals surface area contributed by atoms with E-state index in [1.807, 2.05) is 0 Å². The van der Waals surface area contributed by atoms with E-state index in [0.29, 0.717) is 16.6 Å². The number of hydrogen-bond donors (Lipinski definition) is 2. The van der Waals surface area contributed by atoms with Crippen molar-refractivity contribution in [3.05, 3.63) is 76.2 Å². The van der Waals surface area contributed by atoms with Crippen molar-refractivity contribution in [2.75, 3.05) is 12.4 Å². The number of carbonyl (C=O) groups excluding carboxylic acids is 1. The Labute approximate surface area is 148 Å². The molecule has 7 heteroatoms. The average molecular weight is 357 g/mol. The van der Waals surface area contributed by atoms with E-state index in [1.165, 1.54) is 53.6 Å². The number of pyridine rings is 1. The number of aromatic nitrogens is 1. The van der Waals surface area contributed by atoms with Gasteiger partial charge in [-0.3, -0.25) is 4.79 Å². The highest BCUT2D eigenvalue weighted by Crippen LogP contribution is 2.26. The summed E-state index contributed by atoms with van der Waals surface area (Å²) in [6.45, 7) is 1.79. The number of nitrogens with zero attached hydrogens (tertiary/aromatic N) is 1. The maximum Gasteiger partial charge on any atom is 0.322 e. The van der Waals surface area contributed by atoms with Gasteiger partial charge in [0.15, 0.2) is 0 Å². The summed E-state index contributed by atoms with van der Waals surface area (Å²) in [6.07, 6.45) is 1.52. The molecule has 0 aliphatic carbocycles. The van der Waals surface area contributed by atoms with Gasteiger partial charge in [0.1, 0.15) is 11.6 Å². The second kappa shape index (κ2) is 6.95. The van der Waals surface area contributed by atoms with Crippen LogP contribution >= 0.6 is 0 Å². The molecule has 1 aromatic heterocycles. The molecule has 0 saturated carbocycles. The van der Waals surface area contributed by atoms with Crippen LogP contribution in [0.15, 0.2) is 53.5 Å². The van der Waals surface area contributed by atoms with Crippen LogP contribution in [0.2, 0.25) is 0 Å². The molecule has 0 aliphatic rings. The van der Waals surface area contributed by atoms with Crippen LogP contribution in [-0.2, 0) is 0 Å². The molecular formula is C19H17F2N3O2. The molecule has 1 heterocycles. The van der Waals surface area contributed by atoms with Gasteiger partial charge in [0.2, 0.25) is 0 Å². The highest BCUT2D eigenvalue weighted by molar-refractivity contribution is 5.90. The van der Waals surface area contributed by atoms with Gasteiger partial charge in [-0.05, 0) is 54.3 Å². The number of urea groups is 1. The molecule has 2 amide bonds. The zero-order valence-electron chi connectivity index (χ0n) is 14.2. The van der Waals surface area contributed by atoms with Gasteiger partial charge in [-0.2, -0.15) is 0 Å². The molecule has 1 atom stereocenters. The van der Waals surface area contributed by atoms with Crippen LogP contribution < -0.4 is 10.9 Å². The van der Waals surface area contributed by atoms with Crippen molar-refractivity contribution in [1.29, 1.82) is 0 Å². The van der Waals surface area contributed by atoms with Crippen LogP contribution in [0.1, 0.15) is 18.5 Å². The van der Waals surface area contributed by atoms with E-state index in [9.17, 15) is 18.4 Å².